The third kappa shape index (κ3) is 3.42. The molecule has 3 atom stereocenters. The number of ether oxygens (including phenoxy) is 1. The molecule has 30 heavy (non-hydrogen) atoms. The van der Waals surface area contributed by atoms with Crippen LogP contribution in [0.5, 0.6) is 5.75 Å². The van der Waals surface area contributed by atoms with Crippen LogP contribution in [-0.4, -0.2) is 6.61 Å². The van der Waals surface area contributed by atoms with Gasteiger partial charge in [-0.05, 0) is 54.9 Å². The molecule has 0 spiro atoms. The highest BCUT2D eigenvalue weighted by molar-refractivity contribution is 5.79. The highest BCUT2D eigenvalue weighted by Crippen LogP contribution is 2.52. The van der Waals surface area contributed by atoms with Crippen molar-refractivity contribution in [3.05, 3.63) is 58.7 Å². The van der Waals surface area contributed by atoms with Gasteiger partial charge in [-0.3, -0.25) is 0 Å². The largest absolute Gasteiger partial charge is 0.491 e. The Morgan fingerprint density at radius 2 is 1.53 bits per heavy atom. The molecule has 0 heterocycles. The van der Waals surface area contributed by atoms with Gasteiger partial charge in [0.2, 0.25) is 0 Å². The van der Waals surface area contributed by atoms with Crippen molar-refractivity contribution in [2.24, 2.45) is 5.92 Å². The zero-order chi connectivity index (χ0) is 21.4. The first kappa shape index (κ1) is 21.0. The van der Waals surface area contributed by atoms with Crippen LogP contribution in [0.3, 0.4) is 0 Å². The molecule has 3 unspecified atom stereocenters. The molecule has 0 radical (unpaired) electrons. The van der Waals surface area contributed by atoms with Gasteiger partial charge in [0.05, 0.1) is 6.61 Å². The van der Waals surface area contributed by atoms with Gasteiger partial charge in [0.1, 0.15) is 5.82 Å². The monoisotopic (exact) mass is 418 g/mol. The van der Waals surface area contributed by atoms with Crippen molar-refractivity contribution < 1.29 is 22.3 Å². The number of allylic oxidation sites excluding steroid dienone is 2. The summed E-state index contributed by atoms with van der Waals surface area (Å²) in [4.78, 5) is 0. The van der Waals surface area contributed by atoms with E-state index in [1.54, 1.807) is 19.1 Å². The summed E-state index contributed by atoms with van der Waals surface area (Å²) >= 11 is 0. The van der Waals surface area contributed by atoms with E-state index in [1.165, 1.54) is 12.1 Å². The highest BCUT2D eigenvalue weighted by atomic mass is 19.2. The minimum atomic E-state index is -2.29. The smallest absolute Gasteiger partial charge is 0.171 e. The number of fused-ring (bicyclic) bond motifs is 3. The van der Waals surface area contributed by atoms with Gasteiger partial charge < -0.3 is 4.74 Å². The first-order valence-corrected chi connectivity index (χ1v) is 10.7. The third-order valence-electron chi connectivity index (χ3n) is 6.29. The molecule has 2 aromatic rings. The Bertz CT molecular complexity index is 982. The summed E-state index contributed by atoms with van der Waals surface area (Å²) in [6.45, 7) is 4.03. The van der Waals surface area contributed by atoms with E-state index < -0.39 is 29.5 Å². The lowest BCUT2D eigenvalue weighted by Crippen LogP contribution is -2.17. The predicted octanol–water partition coefficient (Wildman–Crippen LogP) is 8.05. The third-order valence-corrected chi connectivity index (χ3v) is 6.29. The van der Waals surface area contributed by atoms with Crippen LogP contribution in [0.25, 0.3) is 16.7 Å². The van der Waals surface area contributed by atoms with E-state index >= 15 is 8.78 Å². The normalized spacial score (nSPS) is 22.9. The molecule has 5 heteroatoms. The van der Waals surface area contributed by atoms with E-state index in [0.29, 0.717) is 11.5 Å². The molecule has 0 bridgehead atoms. The summed E-state index contributed by atoms with van der Waals surface area (Å²) in [5.41, 5.74) is 0.843. The lowest BCUT2D eigenvalue weighted by molar-refractivity contribution is 0.159. The number of halogens is 4. The van der Waals surface area contributed by atoms with Crippen molar-refractivity contribution in [3.8, 4) is 16.9 Å². The van der Waals surface area contributed by atoms with E-state index in [4.69, 9.17) is 4.74 Å². The topological polar surface area (TPSA) is 9.23 Å². The lowest BCUT2D eigenvalue weighted by atomic mass is 9.79. The van der Waals surface area contributed by atoms with Gasteiger partial charge in [-0.1, -0.05) is 44.0 Å². The number of benzene rings is 2. The lowest BCUT2D eigenvalue weighted by Gasteiger charge is -2.29. The maximum Gasteiger partial charge on any atom is 0.171 e. The Hall–Kier alpha value is -2.30. The fourth-order valence-electron chi connectivity index (χ4n) is 4.79. The van der Waals surface area contributed by atoms with Crippen LogP contribution in [0.2, 0.25) is 0 Å². The Kier molecular flexibility index (Phi) is 5.90. The average Bonchev–Trinajstić information content (AvgIpc) is 2.74. The van der Waals surface area contributed by atoms with Crippen LogP contribution >= 0.6 is 0 Å². The summed E-state index contributed by atoms with van der Waals surface area (Å²) in [6.07, 6.45) is 2.29. The molecule has 0 aromatic heterocycles. The average molecular weight is 418 g/mol. The second-order valence-corrected chi connectivity index (χ2v) is 8.12. The van der Waals surface area contributed by atoms with Gasteiger partial charge in [-0.15, -0.1) is 0 Å². The summed E-state index contributed by atoms with van der Waals surface area (Å²) in [6, 6.07) is 6.07. The van der Waals surface area contributed by atoms with E-state index in [1.807, 2.05) is 6.08 Å². The molecular formula is C25H26F4O. The molecular weight excluding hydrogens is 392 g/mol. The maximum atomic E-state index is 15.4. The molecule has 0 saturated heterocycles. The molecule has 4 rings (SSSR count). The molecule has 160 valence electrons. The Morgan fingerprint density at radius 3 is 2.13 bits per heavy atom. The van der Waals surface area contributed by atoms with Crippen molar-refractivity contribution in [1.82, 2.24) is 0 Å². The SMILES string of the molecule is CCCC1CC=C(c2ccc3c(c2F)C(F)C(F)c2c-3ccc(OCC)c2F)CC1. The highest BCUT2D eigenvalue weighted by Gasteiger charge is 2.40. The molecule has 2 aliphatic rings. The standard InChI is InChI=1S/C25H26F4O/c1-3-5-14-6-8-15(9-7-14)16-10-11-17-18-12-13-19(30-4-2)23(27)21(18)25(29)24(28)20(17)22(16)26/h8,10-14,24-25H,3-7,9H2,1-2H3. The van der Waals surface area contributed by atoms with E-state index in [-0.39, 0.29) is 29.0 Å². The quantitative estimate of drug-likeness (QED) is 0.446. The van der Waals surface area contributed by atoms with E-state index in [9.17, 15) is 8.78 Å². The van der Waals surface area contributed by atoms with Gasteiger partial charge >= 0.3 is 0 Å². The Balaban J connectivity index is 1.78. The molecule has 2 aliphatic carbocycles. The zero-order valence-corrected chi connectivity index (χ0v) is 17.3. The van der Waals surface area contributed by atoms with Crippen LogP contribution in [-0.2, 0) is 0 Å². The second kappa shape index (κ2) is 8.44. The van der Waals surface area contributed by atoms with E-state index in [2.05, 4.69) is 6.92 Å². The molecule has 0 aliphatic heterocycles. The minimum absolute atomic E-state index is 0.124. The molecule has 1 nitrogen and oxygen atoms in total. The first-order valence-electron chi connectivity index (χ1n) is 10.7. The summed E-state index contributed by atoms with van der Waals surface area (Å²) in [5, 5.41) is 0. The van der Waals surface area contributed by atoms with Crippen molar-refractivity contribution in [2.45, 2.75) is 58.3 Å². The fraction of sp³-hybridized carbons (Fsp3) is 0.440. The first-order chi connectivity index (χ1) is 14.5. The molecule has 0 amide bonds. The predicted molar refractivity (Wildman–Crippen MR) is 111 cm³/mol. The number of alkyl halides is 2. The van der Waals surface area contributed by atoms with Gasteiger partial charge in [0, 0.05) is 16.7 Å². The number of rotatable bonds is 5. The van der Waals surface area contributed by atoms with Crippen LogP contribution in [0.4, 0.5) is 17.6 Å². The van der Waals surface area contributed by atoms with Crippen LogP contribution in [0.1, 0.15) is 75.0 Å². The number of hydrogen-bond donors (Lipinski definition) is 0. The fourth-order valence-corrected chi connectivity index (χ4v) is 4.79. The maximum absolute atomic E-state index is 15.4. The van der Waals surface area contributed by atoms with Crippen molar-refractivity contribution in [1.29, 1.82) is 0 Å². The molecule has 0 saturated carbocycles. The van der Waals surface area contributed by atoms with Gasteiger partial charge in [0.25, 0.3) is 0 Å². The molecule has 0 fully saturated rings. The zero-order valence-electron chi connectivity index (χ0n) is 17.3. The van der Waals surface area contributed by atoms with Crippen LogP contribution < -0.4 is 4.74 Å². The Morgan fingerprint density at radius 1 is 0.900 bits per heavy atom. The molecule has 2 aromatic carbocycles. The molecule has 0 N–H and O–H groups in total. The van der Waals surface area contributed by atoms with Crippen LogP contribution in [0.15, 0.2) is 30.3 Å². The van der Waals surface area contributed by atoms with Gasteiger partial charge in [-0.2, -0.15) is 0 Å². The van der Waals surface area contributed by atoms with Crippen LogP contribution in [0, 0.1) is 17.6 Å². The van der Waals surface area contributed by atoms with Gasteiger partial charge in [-0.25, -0.2) is 17.6 Å². The minimum Gasteiger partial charge on any atom is -0.491 e. The van der Waals surface area contributed by atoms with Crippen molar-refractivity contribution in [2.75, 3.05) is 6.61 Å². The van der Waals surface area contributed by atoms with Crippen molar-refractivity contribution in [3.63, 3.8) is 0 Å². The number of hydrogen-bond acceptors (Lipinski definition) is 1. The summed E-state index contributed by atoms with van der Waals surface area (Å²) in [7, 11) is 0. The second-order valence-electron chi connectivity index (χ2n) is 8.12. The Labute approximate surface area is 174 Å². The summed E-state index contributed by atoms with van der Waals surface area (Å²) in [5.74, 6) is -1.18. The van der Waals surface area contributed by atoms with Crippen molar-refractivity contribution >= 4 is 5.57 Å². The summed E-state index contributed by atoms with van der Waals surface area (Å²) < 4.78 is 65.5. The van der Waals surface area contributed by atoms with E-state index in [0.717, 1.165) is 37.7 Å². The van der Waals surface area contributed by atoms with Gasteiger partial charge in [0.15, 0.2) is 23.9 Å².